The van der Waals surface area contributed by atoms with Crippen LogP contribution >= 0.6 is 11.8 Å². The number of carbonyl (C=O) groups is 1. The zero-order valence-corrected chi connectivity index (χ0v) is 12.3. The molecule has 19 heavy (non-hydrogen) atoms. The smallest absolute Gasteiger partial charge is 0.339 e. The van der Waals surface area contributed by atoms with E-state index in [0.29, 0.717) is 10.3 Å². The summed E-state index contributed by atoms with van der Waals surface area (Å²) in [6.45, 7) is 1.76. The van der Waals surface area contributed by atoms with E-state index in [2.05, 4.69) is 21.3 Å². The lowest BCUT2D eigenvalue weighted by Gasteiger charge is -2.40. The van der Waals surface area contributed by atoms with Crippen LogP contribution in [0.2, 0.25) is 0 Å². The molecule has 0 unspecified atom stereocenters. The Labute approximate surface area is 118 Å². The Morgan fingerprint density at radius 1 is 1.53 bits per heavy atom. The summed E-state index contributed by atoms with van der Waals surface area (Å²) in [5, 5.41) is 3.46. The van der Waals surface area contributed by atoms with Gasteiger partial charge in [0.25, 0.3) is 0 Å². The second kappa shape index (κ2) is 6.39. The van der Waals surface area contributed by atoms with Crippen molar-refractivity contribution >= 4 is 17.7 Å². The van der Waals surface area contributed by atoms with Crippen molar-refractivity contribution in [3.8, 4) is 0 Å². The van der Waals surface area contributed by atoms with Crippen molar-refractivity contribution in [2.45, 2.75) is 30.6 Å². The van der Waals surface area contributed by atoms with Gasteiger partial charge in [0.15, 0.2) is 0 Å². The van der Waals surface area contributed by atoms with Crippen LogP contribution < -0.4 is 5.32 Å². The Kier molecular flexibility index (Phi) is 4.82. The number of carbonyl (C=O) groups excluding carboxylic acids is 1. The number of nitrogens with zero attached hydrogens (tertiary/aromatic N) is 1. The Morgan fingerprint density at radius 3 is 2.79 bits per heavy atom. The van der Waals surface area contributed by atoms with Crippen molar-refractivity contribution in [3.63, 3.8) is 0 Å². The van der Waals surface area contributed by atoms with E-state index in [-0.39, 0.29) is 5.97 Å². The van der Waals surface area contributed by atoms with Gasteiger partial charge in [-0.25, -0.2) is 4.79 Å². The highest BCUT2D eigenvalue weighted by atomic mass is 32.2. The van der Waals surface area contributed by atoms with Gasteiger partial charge in [-0.15, -0.1) is 0 Å². The molecule has 0 aromatic carbocycles. The summed E-state index contributed by atoms with van der Waals surface area (Å²) in [5.41, 5.74) is 1.44. The van der Waals surface area contributed by atoms with Gasteiger partial charge in [0.2, 0.25) is 0 Å². The molecule has 1 saturated carbocycles. The Balaban J connectivity index is 1.81. The Hall–Kier alpha value is -1.07. The largest absolute Gasteiger partial charge is 0.465 e. The van der Waals surface area contributed by atoms with Gasteiger partial charge >= 0.3 is 5.97 Å². The summed E-state index contributed by atoms with van der Waals surface area (Å²) in [5.74, 6) is -0.345. The fourth-order valence-corrected chi connectivity index (χ4v) is 3.15. The highest BCUT2D eigenvalue weighted by molar-refractivity contribution is 8.00. The predicted molar refractivity (Wildman–Crippen MR) is 77.4 cm³/mol. The fraction of sp³-hybridized carbons (Fsp3) is 0.571. The zero-order chi connectivity index (χ0) is 13.7. The molecular weight excluding hydrogens is 260 g/mol. The van der Waals surface area contributed by atoms with Crippen molar-refractivity contribution in [2.75, 3.05) is 19.9 Å². The van der Waals surface area contributed by atoms with Gasteiger partial charge in [-0.1, -0.05) is 6.42 Å². The number of hydrogen-bond acceptors (Lipinski definition) is 5. The Morgan fingerprint density at radius 2 is 2.32 bits per heavy atom. The predicted octanol–water partition coefficient (Wildman–Crippen LogP) is 2.24. The summed E-state index contributed by atoms with van der Waals surface area (Å²) in [6.07, 6.45) is 7.70. The molecule has 2 rings (SSSR count). The van der Waals surface area contributed by atoms with E-state index in [4.69, 9.17) is 0 Å². The number of aromatic nitrogens is 1. The molecule has 5 heteroatoms. The highest BCUT2D eigenvalue weighted by Crippen LogP contribution is 2.42. The number of rotatable bonds is 6. The molecule has 1 aliphatic carbocycles. The summed E-state index contributed by atoms with van der Waals surface area (Å²) in [7, 11) is 1.37. The quantitative estimate of drug-likeness (QED) is 0.810. The first kappa shape index (κ1) is 14.3. The van der Waals surface area contributed by atoms with Gasteiger partial charge in [-0.2, -0.15) is 11.8 Å². The lowest BCUT2D eigenvalue weighted by molar-refractivity contribution is 0.0600. The van der Waals surface area contributed by atoms with E-state index in [1.807, 2.05) is 17.8 Å². The van der Waals surface area contributed by atoms with E-state index in [0.717, 1.165) is 18.8 Å². The molecular formula is C14H20N2O2S. The van der Waals surface area contributed by atoms with Crippen LogP contribution in [-0.2, 0) is 11.3 Å². The molecule has 1 heterocycles. The number of methoxy groups -OCH3 is 1. The molecule has 0 bridgehead atoms. The van der Waals surface area contributed by atoms with E-state index >= 15 is 0 Å². The number of thioether (sulfide) groups is 1. The maximum absolute atomic E-state index is 11.3. The van der Waals surface area contributed by atoms with Gasteiger partial charge in [0, 0.05) is 24.0 Å². The second-order valence-electron chi connectivity index (χ2n) is 4.87. The van der Waals surface area contributed by atoms with Crippen LogP contribution in [0.1, 0.15) is 35.3 Å². The molecule has 1 aromatic rings. The van der Waals surface area contributed by atoms with Crippen LogP contribution in [0.15, 0.2) is 18.3 Å². The fourth-order valence-electron chi connectivity index (χ4n) is 2.21. The van der Waals surface area contributed by atoms with Crippen LogP contribution in [0.25, 0.3) is 0 Å². The zero-order valence-electron chi connectivity index (χ0n) is 11.4. The molecule has 1 aromatic heterocycles. The van der Waals surface area contributed by atoms with Crippen molar-refractivity contribution in [1.29, 1.82) is 0 Å². The third-order valence-corrected chi connectivity index (χ3v) is 5.12. The second-order valence-corrected chi connectivity index (χ2v) is 6.15. The lowest BCUT2D eigenvalue weighted by Crippen LogP contribution is -2.43. The highest BCUT2D eigenvalue weighted by Gasteiger charge is 2.35. The molecule has 0 spiro atoms. The van der Waals surface area contributed by atoms with Crippen LogP contribution in [-0.4, -0.2) is 35.6 Å². The van der Waals surface area contributed by atoms with Crippen molar-refractivity contribution in [3.05, 3.63) is 29.6 Å². The van der Waals surface area contributed by atoms with Gasteiger partial charge in [0.05, 0.1) is 18.4 Å². The summed E-state index contributed by atoms with van der Waals surface area (Å²) in [4.78, 5) is 15.5. The molecule has 4 nitrogen and oxygen atoms in total. The average Bonchev–Trinajstić information content (AvgIpc) is 2.41. The van der Waals surface area contributed by atoms with Crippen molar-refractivity contribution < 1.29 is 9.53 Å². The molecule has 0 saturated heterocycles. The van der Waals surface area contributed by atoms with E-state index < -0.39 is 0 Å². The average molecular weight is 280 g/mol. The maximum Gasteiger partial charge on any atom is 0.339 e. The topological polar surface area (TPSA) is 51.2 Å². The Bertz CT molecular complexity index is 424. The minimum absolute atomic E-state index is 0.345. The van der Waals surface area contributed by atoms with E-state index in [1.165, 1.54) is 26.4 Å². The standard InChI is InChI=1S/C14H20N2O2S/c1-18-13(17)11-4-5-12(16-8-11)9-15-10-14(19-2)6-3-7-14/h4-5,8,15H,3,6-7,9-10H2,1-2H3. The van der Waals surface area contributed by atoms with Crippen LogP contribution in [0.3, 0.4) is 0 Å². The van der Waals surface area contributed by atoms with E-state index in [1.54, 1.807) is 12.3 Å². The summed E-state index contributed by atoms with van der Waals surface area (Å²) >= 11 is 1.96. The monoisotopic (exact) mass is 280 g/mol. The first-order valence-electron chi connectivity index (χ1n) is 6.48. The molecule has 1 aliphatic rings. The molecule has 1 fully saturated rings. The first-order valence-corrected chi connectivity index (χ1v) is 7.71. The lowest BCUT2D eigenvalue weighted by atomic mass is 9.84. The number of pyridine rings is 1. The van der Waals surface area contributed by atoms with Gasteiger partial charge in [0.1, 0.15) is 0 Å². The SMILES string of the molecule is COC(=O)c1ccc(CNCC2(SC)CCC2)nc1. The minimum atomic E-state index is -0.345. The normalized spacial score (nSPS) is 16.7. The van der Waals surface area contributed by atoms with Crippen LogP contribution in [0.5, 0.6) is 0 Å². The molecule has 0 amide bonds. The third-order valence-electron chi connectivity index (χ3n) is 3.70. The van der Waals surface area contributed by atoms with Gasteiger partial charge in [-0.05, 0) is 31.2 Å². The third kappa shape index (κ3) is 3.48. The van der Waals surface area contributed by atoms with Crippen LogP contribution in [0, 0.1) is 0 Å². The van der Waals surface area contributed by atoms with Crippen LogP contribution in [0.4, 0.5) is 0 Å². The first-order chi connectivity index (χ1) is 9.19. The summed E-state index contributed by atoms with van der Waals surface area (Å²) in [6, 6.07) is 3.62. The molecule has 0 radical (unpaired) electrons. The molecule has 0 atom stereocenters. The summed E-state index contributed by atoms with van der Waals surface area (Å²) < 4.78 is 5.08. The van der Waals surface area contributed by atoms with Gasteiger partial charge in [-0.3, -0.25) is 4.98 Å². The maximum atomic E-state index is 11.3. The minimum Gasteiger partial charge on any atom is -0.465 e. The number of nitrogens with one attached hydrogen (secondary N) is 1. The number of hydrogen-bond donors (Lipinski definition) is 1. The van der Waals surface area contributed by atoms with Gasteiger partial charge < -0.3 is 10.1 Å². The molecule has 0 aliphatic heterocycles. The number of ether oxygens (including phenoxy) is 1. The molecule has 1 N–H and O–H groups in total. The number of esters is 1. The van der Waals surface area contributed by atoms with Crippen molar-refractivity contribution in [1.82, 2.24) is 10.3 Å². The van der Waals surface area contributed by atoms with Crippen molar-refractivity contribution in [2.24, 2.45) is 0 Å². The van der Waals surface area contributed by atoms with E-state index in [9.17, 15) is 4.79 Å². The molecule has 104 valence electrons.